The van der Waals surface area contributed by atoms with E-state index in [4.69, 9.17) is 9.47 Å². The molecule has 7 heteroatoms. The Morgan fingerprint density at radius 3 is 2.45 bits per heavy atom. The van der Waals surface area contributed by atoms with Crippen molar-refractivity contribution in [2.75, 3.05) is 13.2 Å². The molecule has 0 radical (unpaired) electrons. The minimum absolute atomic E-state index is 0.0449. The van der Waals surface area contributed by atoms with Gasteiger partial charge in [0, 0.05) is 5.57 Å². The molecule has 1 aliphatic carbocycles. The highest BCUT2D eigenvalue weighted by atomic mass is 16.6. The first-order valence-electron chi connectivity index (χ1n) is 7.15. The molecule has 2 rings (SSSR count). The normalized spacial score (nSPS) is 26.9. The van der Waals surface area contributed by atoms with Crippen LogP contribution in [0.3, 0.4) is 0 Å². The number of hydrogen-bond donors (Lipinski definition) is 0. The van der Waals surface area contributed by atoms with Gasteiger partial charge in [-0.3, -0.25) is 14.4 Å². The lowest BCUT2D eigenvalue weighted by atomic mass is 9.75. The van der Waals surface area contributed by atoms with Crippen molar-refractivity contribution in [2.24, 2.45) is 17.8 Å². The van der Waals surface area contributed by atoms with Gasteiger partial charge in [-0.05, 0) is 26.2 Å². The van der Waals surface area contributed by atoms with Crippen molar-refractivity contribution in [2.45, 2.75) is 26.2 Å². The Hall–Kier alpha value is -2.18. The Morgan fingerprint density at radius 1 is 1.14 bits per heavy atom. The van der Waals surface area contributed by atoms with Crippen LogP contribution in [0.5, 0.6) is 0 Å². The molecule has 120 valence electrons. The lowest BCUT2D eigenvalue weighted by molar-refractivity contribution is -0.155. The Morgan fingerprint density at radius 2 is 1.77 bits per heavy atom. The molecule has 1 saturated carbocycles. The van der Waals surface area contributed by atoms with Crippen molar-refractivity contribution in [3.8, 4) is 0 Å². The van der Waals surface area contributed by atoms with E-state index in [0.717, 1.165) is 0 Å². The van der Waals surface area contributed by atoms with Gasteiger partial charge in [-0.1, -0.05) is 6.58 Å². The zero-order valence-corrected chi connectivity index (χ0v) is 12.3. The number of cyclic esters (lactones) is 2. The Balaban J connectivity index is 1.75. The van der Waals surface area contributed by atoms with Crippen LogP contribution in [0.25, 0.3) is 0 Å². The largest absolute Gasteiger partial charge is 0.462 e. The van der Waals surface area contributed by atoms with E-state index < -0.39 is 41.6 Å². The van der Waals surface area contributed by atoms with Crippen molar-refractivity contribution < 1.29 is 33.4 Å². The molecule has 0 aromatic heterocycles. The minimum Gasteiger partial charge on any atom is -0.462 e. The van der Waals surface area contributed by atoms with E-state index >= 15 is 0 Å². The molecule has 1 heterocycles. The maximum Gasteiger partial charge on any atom is 0.333 e. The standard InChI is InChI=1S/C15H18O7/c1-8(2)12(16)20-5-6-21-13(17)9-3-4-10-11(7-9)15(19)22-14(10)18/h9-11H,1,3-7H2,2H3. The fraction of sp³-hybridized carbons (Fsp3) is 0.600. The van der Waals surface area contributed by atoms with E-state index in [-0.39, 0.29) is 25.2 Å². The van der Waals surface area contributed by atoms with Gasteiger partial charge in [0.15, 0.2) is 0 Å². The first-order chi connectivity index (χ1) is 10.4. The third kappa shape index (κ3) is 3.52. The quantitative estimate of drug-likeness (QED) is 0.243. The molecule has 2 aliphatic rings. The highest BCUT2D eigenvalue weighted by Gasteiger charge is 2.49. The van der Waals surface area contributed by atoms with Gasteiger partial charge < -0.3 is 14.2 Å². The van der Waals surface area contributed by atoms with Crippen molar-refractivity contribution in [1.82, 2.24) is 0 Å². The van der Waals surface area contributed by atoms with Gasteiger partial charge in [-0.2, -0.15) is 0 Å². The number of carbonyl (C=O) groups excluding carboxylic acids is 4. The summed E-state index contributed by atoms with van der Waals surface area (Å²) in [5.41, 5.74) is 0.272. The van der Waals surface area contributed by atoms with E-state index in [1.165, 1.54) is 6.92 Å². The Bertz CT molecular complexity index is 522. The Labute approximate surface area is 127 Å². The Kier molecular flexibility index (Phi) is 4.95. The summed E-state index contributed by atoms with van der Waals surface area (Å²) in [7, 11) is 0. The summed E-state index contributed by atoms with van der Waals surface area (Å²) in [4.78, 5) is 46.0. The van der Waals surface area contributed by atoms with Gasteiger partial charge in [0.05, 0.1) is 17.8 Å². The maximum atomic E-state index is 11.9. The van der Waals surface area contributed by atoms with Crippen molar-refractivity contribution >= 4 is 23.9 Å². The molecule has 3 atom stereocenters. The summed E-state index contributed by atoms with van der Waals surface area (Å²) in [5, 5.41) is 0. The first kappa shape index (κ1) is 16.2. The van der Waals surface area contributed by atoms with Crippen molar-refractivity contribution in [3.63, 3.8) is 0 Å². The molecular weight excluding hydrogens is 292 g/mol. The minimum atomic E-state index is -0.553. The highest BCUT2D eigenvalue weighted by molar-refractivity contribution is 5.97. The highest BCUT2D eigenvalue weighted by Crippen LogP contribution is 2.39. The zero-order chi connectivity index (χ0) is 16.3. The van der Waals surface area contributed by atoms with Gasteiger partial charge in [0.25, 0.3) is 0 Å². The van der Waals surface area contributed by atoms with Crippen LogP contribution in [-0.4, -0.2) is 37.1 Å². The van der Waals surface area contributed by atoms with Gasteiger partial charge in [-0.25, -0.2) is 4.79 Å². The third-order valence-corrected chi connectivity index (χ3v) is 3.90. The molecule has 0 bridgehead atoms. The molecule has 2 fully saturated rings. The van der Waals surface area contributed by atoms with Crippen molar-refractivity contribution in [1.29, 1.82) is 0 Å². The van der Waals surface area contributed by atoms with Crippen LogP contribution in [0.2, 0.25) is 0 Å². The van der Waals surface area contributed by atoms with Crippen LogP contribution in [0.1, 0.15) is 26.2 Å². The van der Waals surface area contributed by atoms with Crippen molar-refractivity contribution in [3.05, 3.63) is 12.2 Å². The van der Waals surface area contributed by atoms with Gasteiger partial charge >= 0.3 is 23.9 Å². The predicted molar refractivity (Wildman–Crippen MR) is 72.2 cm³/mol. The summed E-state index contributed by atoms with van der Waals surface area (Å²) < 4.78 is 14.4. The molecule has 0 N–H and O–H groups in total. The van der Waals surface area contributed by atoms with Crippen LogP contribution in [0.15, 0.2) is 12.2 Å². The average Bonchev–Trinajstić information content (AvgIpc) is 2.77. The number of rotatable bonds is 5. The molecule has 0 aromatic rings. The monoisotopic (exact) mass is 310 g/mol. The topological polar surface area (TPSA) is 96.0 Å². The summed E-state index contributed by atoms with van der Waals surface area (Å²) in [5.74, 6) is -3.43. The van der Waals surface area contributed by atoms with Crippen LogP contribution in [-0.2, 0) is 33.4 Å². The van der Waals surface area contributed by atoms with E-state index in [0.29, 0.717) is 12.8 Å². The molecule has 22 heavy (non-hydrogen) atoms. The number of hydrogen-bond acceptors (Lipinski definition) is 7. The van der Waals surface area contributed by atoms with Crippen LogP contribution >= 0.6 is 0 Å². The maximum absolute atomic E-state index is 11.9. The van der Waals surface area contributed by atoms with E-state index in [1.54, 1.807) is 0 Å². The van der Waals surface area contributed by atoms with E-state index in [2.05, 4.69) is 11.3 Å². The number of ether oxygens (including phenoxy) is 3. The second-order valence-corrected chi connectivity index (χ2v) is 5.55. The fourth-order valence-corrected chi connectivity index (χ4v) is 2.70. The second kappa shape index (κ2) is 6.72. The molecule has 1 aliphatic heterocycles. The average molecular weight is 310 g/mol. The van der Waals surface area contributed by atoms with Crippen LogP contribution < -0.4 is 0 Å². The third-order valence-electron chi connectivity index (χ3n) is 3.90. The van der Waals surface area contributed by atoms with E-state index in [1.807, 2.05) is 0 Å². The molecule has 0 amide bonds. The van der Waals surface area contributed by atoms with E-state index in [9.17, 15) is 19.2 Å². The van der Waals surface area contributed by atoms with Gasteiger partial charge in [-0.15, -0.1) is 0 Å². The predicted octanol–water partition coefficient (Wildman–Crippen LogP) is 0.765. The number of fused-ring (bicyclic) bond motifs is 1. The second-order valence-electron chi connectivity index (χ2n) is 5.55. The SMILES string of the molecule is C=C(C)C(=O)OCCOC(=O)C1CCC2C(=O)OC(=O)C2C1. The molecule has 1 saturated heterocycles. The van der Waals surface area contributed by atoms with Crippen LogP contribution in [0, 0.1) is 17.8 Å². The number of esters is 4. The smallest absolute Gasteiger partial charge is 0.333 e. The lowest BCUT2D eigenvalue weighted by Gasteiger charge is -2.26. The van der Waals surface area contributed by atoms with Gasteiger partial charge in [0.2, 0.25) is 0 Å². The first-order valence-corrected chi connectivity index (χ1v) is 7.15. The fourth-order valence-electron chi connectivity index (χ4n) is 2.70. The summed E-state index contributed by atoms with van der Waals surface area (Å²) in [6.45, 7) is 4.86. The molecular formula is C15H18O7. The van der Waals surface area contributed by atoms with Crippen LogP contribution in [0.4, 0.5) is 0 Å². The number of carbonyl (C=O) groups is 4. The summed E-state index contributed by atoms with van der Waals surface area (Å²) in [6.07, 6.45) is 1.19. The lowest BCUT2D eigenvalue weighted by Crippen LogP contribution is -2.32. The molecule has 7 nitrogen and oxygen atoms in total. The van der Waals surface area contributed by atoms with Gasteiger partial charge in [0.1, 0.15) is 13.2 Å². The summed E-state index contributed by atoms with van der Waals surface area (Å²) in [6, 6.07) is 0. The molecule has 0 spiro atoms. The molecule has 0 aromatic carbocycles. The summed E-state index contributed by atoms with van der Waals surface area (Å²) >= 11 is 0. The molecule has 3 unspecified atom stereocenters. The zero-order valence-electron chi connectivity index (χ0n) is 12.3.